The van der Waals surface area contributed by atoms with E-state index in [9.17, 15) is 4.79 Å². The molecule has 0 aromatic carbocycles. The molecular weight excluding hydrogens is 208 g/mol. The number of nitrogens with zero attached hydrogens (tertiary/aromatic N) is 1. The number of nitrogens with one attached hydrogen (secondary N) is 1. The Labute approximate surface area is 94.4 Å². The Morgan fingerprint density at radius 3 is 3.00 bits per heavy atom. The fourth-order valence-electron chi connectivity index (χ4n) is 1.21. The third kappa shape index (κ3) is 3.55. The van der Waals surface area contributed by atoms with Crippen molar-refractivity contribution in [2.45, 2.75) is 31.2 Å². The molecule has 3 nitrogen and oxygen atoms in total. The summed E-state index contributed by atoms with van der Waals surface area (Å²) in [6.45, 7) is 5.78. The first kappa shape index (κ1) is 12.0. The molecule has 1 heterocycles. The number of hydrogen-bond donors (Lipinski definition) is 1. The summed E-state index contributed by atoms with van der Waals surface area (Å²) in [5, 5.41) is 0.788. The molecule has 0 atom stereocenters. The van der Waals surface area contributed by atoms with E-state index >= 15 is 0 Å². The van der Waals surface area contributed by atoms with Gasteiger partial charge in [-0.25, -0.2) is 4.98 Å². The van der Waals surface area contributed by atoms with E-state index in [1.54, 1.807) is 6.08 Å². The lowest BCUT2D eigenvalue weighted by molar-refractivity contribution is 0.111. The maximum atomic E-state index is 10.8. The summed E-state index contributed by atoms with van der Waals surface area (Å²) in [7, 11) is 0. The zero-order valence-corrected chi connectivity index (χ0v) is 9.77. The van der Waals surface area contributed by atoms with Gasteiger partial charge in [-0.15, -0.1) is 6.58 Å². The van der Waals surface area contributed by atoms with Gasteiger partial charge in [0.05, 0.1) is 0 Å². The number of hydrogen-bond acceptors (Lipinski definition) is 3. The standard InChI is InChI=1S/C11H16N2OS/c1-3-5-6-10-12-9(8-14)11(13-10)15-7-4-2/h4,8H,2-3,5-7H2,1H3,(H,12,13). The van der Waals surface area contributed by atoms with Gasteiger partial charge < -0.3 is 4.98 Å². The third-order valence-electron chi connectivity index (χ3n) is 1.97. The lowest BCUT2D eigenvalue weighted by atomic mass is 10.2. The van der Waals surface area contributed by atoms with Crippen molar-refractivity contribution in [3.05, 3.63) is 24.2 Å². The topological polar surface area (TPSA) is 45.8 Å². The highest BCUT2D eigenvalue weighted by Gasteiger charge is 2.08. The fourth-order valence-corrected chi connectivity index (χ4v) is 1.92. The Morgan fingerprint density at radius 1 is 1.60 bits per heavy atom. The van der Waals surface area contributed by atoms with E-state index in [1.165, 1.54) is 11.8 Å². The van der Waals surface area contributed by atoms with E-state index in [0.717, 1.165) is 42.2 Å². The van der Waals surface area contributed by atoms with Gasteiger partial charge in [0.25, 0.3) is 0 Å². The van der Waals surface area contributed by atoms with Crippen molar-refractivity contribution in [1.82, 2.24) is 9.97 Å². The highest BCUT2D eigenvalue weighted by molar-refractivity contribution is 7.99. The predicted octanol–water partition coefficient (Wildman–Crippen LogP) is 2.84. The minimum atomic E-state index is 0.591. The summed E-state index contributed by atoms with van der Waals surface area (Å²) in [5.74, 6) is 1.68. The van der Waals surface area contributed by atoms with Gasteiger partial charge in [-0.1, -0.05) is 31.2 Å². The number of rotatable bonds is 7. The molecule has 0 aliphatic carbocycles. The predicted molar refractivity (Wildman–Crippen MR) is 63.5 cm³/mol. The van der Waals surface area contributed by atoms with E-state index in [-0.39, 0.29) is 0 Å². The molecule has 0 radical (unpaired) electrons. The van der Waals surface area contributed by atoms with Crippen molar-refractivity contribution in [3.63, 3.8) is 0 Å². The van der Waals surface area contributed by atoms with Crippen LogP contribution in [0.1, 0.15) is 36.1 Å². The largest absolute Gasteiger partial charge is 0.339 e. The van der Waals surface area contributed by atoms with E-state index < -0.39 is 0 Å². The average Bonchev–Trinajstić information content (AvgIpc) is 2.66. The molecule has 0 unspecified atom stereocenters. The Balaban J connectivity index is 2.70. The summed E-state index contributed by atoms with van der Waals surface area (Å²) >= 11 is 1.53. The SMILES string of the molecule is C=CCSc1nc(CCCC)[nH]c1C=O. The molecule has 1 aromatic rings. The molecule has 0 amide bonds. The molecule has 0 aliphatic heterocycles. The monoisotopic (exact) mass is 224 g/mol. The highest BCUT2D eigenvalue weighted by atomic mass is 32.2. The van der Waals surface area contributed by atoms with Crippen LogP contribution in [-0.4, -0.2) is 22.0 Å². The second-order valence-electron chi connectivity index (χ2n) is 3.22. The molecule has 0 saturated carbocycles. The zero-order valence-electron chi connectivity index (χ0n) is 8.95. The molecule has 0 saturated heterocycles. The number of aryl methyl sites for hydroxylation is 1. The maximum Gasteiger partial charge on any atom is 0.169 e. The van der Waals surface area contributed by atoms with Gasteiger partial charge in [0, 0.05) is 12.2 Å². The maximum absolute atomic E-state index is 10.8. The van der Waals surface area contributed by atoms with Gasteiger partial charge in [-0.05, 0) is 6.42 Å². The molecule has 0 bridgehead atoms. The van der Waals surface area contributed by atoms with E-state index in [0.29, 0.717) is 5.69 Å². The van der Waals surface area contributed by atoms with Crippen LogP contribution in [0, 0.1) is 0 Å². The smallest absolute Gasteiger partial charge is 0.169 e. The average molecular weight is 224 g/mol. The van der Waals surface area contributed by atoms with Crippen LogP contribution in [0.2, 0.25) is 0 Å². The summed E-state index contributed by atoms with van der Waals surface area (Å²) in [5.41, 5.74) is 0.591. The molecular formula is C11H16N2OS. The van der Waals surface area contributed by atoms with Crippen LogP contribution in [0.3, 0.4) is 0 Å². The summed E-state index contributed by atoms with van der Waals surface area (Å²) < 4.78 is 0. The Hall–Kier alpha value is -1.03. The fraction of sp³-hybridized carbons (Fsp3) is 0.455. The Morgan fingerprint density at radius 2 is 2.40 bits per heavy atom. The number of aromatic amines is 1. The molecule has 0 aliphatic rings. The normalized spacial score (nSPS) is 10.2. The van der Waals surface area contributed by atoms with Crippen LogP contribution in [0.5, 0.6) is 0 Å². The third-order valence-corrected chi connectivity index (χ3v) is 2.96. The summed E-state index contributed by atoms with van der Waals surface area (Å²) in [6.07, 6.45) is 5.77. The first-order valence-electron chi connectivity index (χ1n) is 5.09. The molecule has 1 aromatic heterocycles. The van der Waals surface area contributed by atoms with Crippen molar-refractivity contribution in [2.24, 2.45) is 0 Å². The summed E-state index contributed by atoms with van der Waals surface area (Å²) in [6, 6.07) is 0. The minimum absolute atomic E-state index is 0.591. The molecule has 4 heteroatoms. The lowest BCUT2D eigenvalue weighted by Gasteiger charge is -1.92. The van der Waals surface area contributed by atoms with Crippen molar-refractivity contribution < 1.29 is 4.79 Å². The van der Waals surface area contributed by atoms with Crippen LogP contribution in [0.15, 0.2) is 17.7 Å². The van der Waals surface area contributed by atoms with Gasteiger partial charge in [0.15, 0.2) is 6.29 Å². The van der Waals surface area contributed by atoms with Gasteiger partial charge >= 0.3 is 0 Å². The van der Waals surface area contributed by atoms with Crippen molar-refractivity contribution >= 4 is 18.0 Å². The van der Waals surface area contributed by atoms with Crippen LogP contribution in [0.4, 0.5) is 0 Å². The number of aromatic nitrogens is 2. The number of H-pyrrole nitrogens is 1. The second-order valence-corrected chi connectivity index (χ2v) is 4.23. The number of imidazole rings is 1. The number of thioether (sulfide) groups is 1. The van der Waals surface area contributed by atoms with E-state index in [4.69, 9.17) is 0 Å². The number of carbonyl (C=O) groups is 1. The highest BCUT2D eigenvalue weighted by Crippen LogP contribution is 2.19. The van der Waals surface area contributed by atoms with E-state index in [2.05, 4.69) is 23.5 Å². The number of carbonyl (C=O) groups excluding carboxylic acids is 1. The van der Waals surface area contributed by atoms with Gasteiger partial charge in [0.2, 0.25) is 0 Å². The molecule has 1 rings (SSSR count). The Kier molecular flexibility index (Phi) is 5.18. The zero-order chi connectivity index (χ0) is 11.1. The minimum Gasteiger partial charge on any atom is -0.339 e. The summed E-state index contributed by atoms with van der Waals surface area (Å²) in [4.78, 5) is 18.2. The van der Waals surface area contributed by atoms with Crippen LogP contribution in [0.25, 0.3) is 0 Å². The molecule has 0 spiro atoms. The first-order valence-corrected chi connectivity index (χ1v) is 6.08. The molecule has 15 heavy (non-hydrogen) atoms. The van der Waals surface area contributed by atoms with Gasteiger partial charge in [-0.2, -0.15) is 0 Å². The second kappa shape index (κ2) is 6.45. The Bertz CT molecular complexity index is 333. The van der Waals surface area contributed by atoms with Crippen LogP contribution in [-0.2, 0) is 6.42 Å². The van der Waals surface area contributed by atoms with Gasteiger partial charge in [0.1, 0.15) is 16.5 Å². The molecule has 1 N–H and O–H groups in total. The number of aldehydes is 1. The van der Waals surface area contributed by atoms with Crippen molar-refractivity contribution in [2.75, 3.05) is 5.75 Å². The quantitative estimate of drug-likeness (QED) is 0.440. The van der Waals surface area contributed by atoms with Crippen molar-refractivity contribution in [3.8, 4) is 0 Å². The molecule has 0 fully saturated rings. The van der Waals surface area contributed by atoms with Gasteiger partial charge in [-0.3, -0.25) is 4.79 Å². The van der Waals surface area contributed by atoms with Crippen LogP contribution < -0.4 is 0 Å². The number of unbranched alkanes of at least 4 members (excludes halogenated alkanes) is 1. The first-order chi connectivity index (χ1) is 7.31. The van der Waals surface area contributed by atoms with Crippen molar-refractivity contribution in [1.29, 1.82) is 0 Å². The van der Waals surface area contributed by atoms with Crippen LogP contribution >= 0.6 is 11.8 Å². The van der Waals surface area contributed by atoms with E-state index in [1.807, 2.05) is 0 Å². The molecule has 82 valence electrons. The lowest BCUT2D eigenvalue weighted by Crippen LogP contribution is -1.87.